The SMILES string of the molecule is CC(=O)c1cc(S(=O)(=O)c2ccc(C)cc2)c(CC[C@H](CO)NC(=O)Nc2ncn[nH]2)o1. The number of aliphatic hydroxyl groups is 1. The Hall–Kier alpha value is -3.51. The van der Waals surface area contributed by atoms with E-state index >= 15 is 0 Å². The third-order valence-electron chi connectivity index (χ3n) is 4.66. The Morgan fingerprint density at radius 3 is 2.56 bits per heavy atom. The number of sulfone groups is 1. The molecule has 0 unspecified atom stereocenters. The van der Waals surface area contributed by atoms with Gasteiger partial charge in [0.25, 0.3) is 0 Å². The molecule has 11 nitrogen and oxygen atoms in total. The Balaban J connectivity index is 1.78. The summed E-state index contributed by atoms with van der Waals surface area (Å²) in [6.07, 6.45) is 1.43. The lowest BCUT2D eigenvalue weighted by Crippen LogP contribution is -2.40. The van der Waals surface area contributed by atoms with Gasteiger partial charge in [0.2, 0.25) is 15.8 Å². The molecule has 0 spiro atoms. The number of aromatic nitrogens is 3. The minimum Gasteiger partial charge on any atom is -0.457 e. The smallest absolute Gasteiger partial charge is 0.321 e. The van der Waals surface area contributed by atoms with Crippen molar-refractivity contribution in [3.8, 4) is 0 Å². The van der Waals surface area contributed by atoms with Crippen molar-refractivity contribution in [1.82, 2.24) is 20.5 Å². The molecule has 32 heavy (non-hydrogen) atoms. The lowest BCUT2D eigenvalue weighted by molar-refractivity contribution is 0.0985. The Bertz CT molecular complexity index is 1190. The van der Waals surface area contributed by atoms with E-state index in [0.717, 1.165) is 5.56 Å². The van der Waals surface area contributed by atoms with E-state index < -0.39 is 34.3 Å². The van der Waals surface area contributed by atoms with Gasteiger partial charge < -0.3 is 14.8 Å². The fourth-order valence-corrected chi connectivity index (χ4v) is 4.39. The van der Waals surface area contributed by atoms with E-state index in [4.69, 9.17) is 4.42 Å². The van der Waals surface area contributed by atoms with Crippen LogP contribution in [0.2, 0.25) is 0 Å². The maximum absolute atomic E-state index is 13.2. The zero-order valence-corrected chi connectivity index (χ0v) is 18.3. The summed E-state index contributed by atoms with van der Waals surface area (Å²) in [5.74, 6) is -0.295. The molecule has 0 bridgehead atoms. The van der Waals surface area contributed by atoms with Gasteiger partial charge in [-0.3, -0.25) is 10.1 Å². The summed E-state index contributed by atoms with van der Waals surface area (Å²) < 4.78 is 31.8. The molecule has 0 aliphatic heterocycles. The first-order chi connectivity index (χ1) is 15.2. The van der Waals surface area contributed by atoms with Crippen LogP contribution in [0.25, 0.3) is 0 Å². The highest BCUT2D eigenvalue weighted by atomic mass is 32.2. The van der Waals surface area contributed by atoms with Gasteiger partial charge in [0.05, 0.1) is 17.5 Å². The molecule has 4 N–H and O–H groups in total. The van der Waals surface area contributed by atoms with E-state index in [-0.39, 0.29) is 40.1 Å². The van der Waals surface area contributed by atoms with Crippen molar-refractivity contribution in [1.29, 1.82) is 0 Å². The van der Waals surface area contributed by atoms with E-state index in [2.05, 4.69) is 25.8 Å². The minimum absolute atomic E-state index is 0.0571. The van der Waals surface area contributed by atoms with Crippen molar-refractivity contribution in [2.24, 2.45) is 0 Å². The average Bonchev–Trinajstić information content (AvgIpc) is 3.41. The average molecular weight is 462 g/mol. The van der Waals surface area contributed by atoms with Crippen LogP contribution < -0.4 is 10.6 Å². The minimum atomic E-state index is -3.94. The quantitative estimate of drug-likeness (QED) is 0.350. The van der Waals surface area contributed by atoms with Gasteiger partial charge in [0.1, 0.15) is 17.0 Å². The number of carbonyl (C=O) groups excluding carboxylic acids is 2. The topological polar surface area (TPSA) is 167 Å². The molecule has 3 aromatic rings. The summed E-state index contributed by atoms with van der Waals surface area (Å²) in [7, 11) is -3.94. The number of anilines is 1. The number of nitrogens with one attached hydrogen (secondary N) is 3. The molecule has 170 valence electrons. The zero-order chi connectivity index (χ0) is 23.3. The fraction of sp³-hybridized carbons (Fsp3) is 0.300. The van der Waals surface area contributed by atoms with Crippen molar-refractivity contribution in [3.63, 3.8) is 0 Å². The van der Waals surface area contributed by atoms with E-state index in [9.17, 15) is 23.1 Å². The summed E-state index contributed by atoms with van der Waals surface area (Å²) in [4.78, 5) is 27.6. The number of aromatic amines is 1. The second-order valence-electron chi connectivity index (χ2n) is 7.12. The number of hydrogen-bond donors (Lipinski definition) is 4. The first-order valence-corrected chi connectivity index (χ1v) is 11.2. The molecule has 0 aliphatic carbocycles. The van der Waals surface area contributed by atoms with E-state index in [1.54, 1.807) is 12.1 Å². The third-order valence-corrected chi connectivity index (χ3v) is 6.48. The third kappa shape index (κ3) is 5.39. The number of aryl methyl sites for hydroxylation is 2. The molecule has 0 aliphatic rings. The lowest BCUT2D eigenvalue weighted by atomic mass is 10.1. The maximum Gasteiger partial charge on any atom is 0.321 e. The molecule has 2 amide bonds. The second kappa shape index (κ2) is 9.75. The Kier molecular flexibility index (Phi) is 7.05. The number of furan rings is 1. The molecule has 2 heterocycles. The van der Waals surface area contributed by atoms with Crippen LogP contribution in [0, 0.1) is 6.92 Å². The maximum atomic E-state index is 13.2. The van der Waals surface area contributed by atoms with Gasteiger partial charge in [0.15, 0.2) is 11.5 Å². The second-order valence-corrected chi connectivity index (χ2v) is 9.04. The van der Waals surface area contributed by atoms with Gasteiger partial charge in [0, 0.05) is 19.4 Å². The highest BCUT2D eigenvalue weighted by Crippen LogP contribution is 2.29. The van der Waals surface area contributed by atoms with Crippen LogP contribution in [-0.2, 0) is 16.3 Å². The predicted octanol–water partition coefficient (Wildman–Crippen LogP) is 1.86. The number of nitrogens with zero attached hydrogens (tertiary/aromatic N) is 2. The summed E-state index contributed by atoms with van der Waals surface area (Å²) >= 11 is 0. The van der Waals surface area contributed by atoms with Gasteiger partial charge >= 0.3 is 6.03 Å². The van der Waals surface area contributed by atoms with Gasteiger partial charge in [-0.05, 0) is 25.5 Å². The molecule has 1 atom stereocenters. The molecule has 0 saturated heterocycles. The highest BCUT2D eigenvalue weighted by molar-refractivity contribution is 7.91. The summed E-state index contributed by atoms with van der Waals surface area (Å²) in [6, 6.07) is 6.21. The van der Waals surface area contributed by atoms with E-state index in [0.29, 0.717) is 0 Å². The van der Waals surface area contributed by atoms with Gasteiger partial charge in [-0.15, -0.1) is 0 Å². The number of H-pyrrole nitrogens is 1. The standard InChI is InChI=1S/C20H23N5O6S/c1-12-3-6-15(7-4-12)32(29,30)18-9-17(13(2)27)31-16(18)8-5-14(10-26)23-20(28)24-19-21-11-22-25-19/h3-4,6-7,9,11,14,26H,5,8,10H2,1-2H3,(H3,21,22,23,24,25,28)/t14-/m1/s1. The normalized spacial score (nSPS) is 12.3. The first kappa shape index (κ1) is 23.2. The molecule has 12 heteroatoms. The number of ketones is 1. The number of benzene rings is 1. The van der Waals surface area contributed by atoms with Crippen molar-refractivity contribution < 1.29 is 27.5 Å². The lowest BCUT2D eigenvalue weighted by Gasteiger charge is -2.16. The molecular formula is C20H23N5O6S. The Morgan fingerprint density at radius 2 is 1.97 bits per heavy atom. The van der Waals surface area contributed by atoms with E-state index in [1.807, 2.05) is 6.92 Å². The number of hydrogen-bond acceptors (Lipinski definition) is 8. The zero-order valence-electron chi connectivity index (χ0n) is 17.5. The first-order valence-electron chi connectivity index (χ1n) is 9.70. The van der Waals surface area contributed by atoms with Crippen LogP contribution in [0.5, 0.6) is 0 Å². The molecule has 0 fully saturated rings. The fourth-order valence-electron chi connectivity index (χ4n) is 2.94. The number of Topliss-reactive ketones (excluding diaryl/α,β-unsaturated/α-hetero) is 1. The van der Waals surface area contributed by atoms with Crippen molar-refractivity contribution in [2.75, 3.05) is 11.9 Å². The molecule has 0 radical (unpaired) electrons. The Labute approximate surface area is 184 Å². The van der Waals surface area contributed by atoms with Crippen molar-refractivity contribution in [3.05, 3.63) is 53.7 Å². The molecule has 1 aromatic carbocycles. The largest absolute Gasteiger partial charge is 0.457 e. The predicted molar refractivity (Wildman–Crippen MR) is 113 cm³/mol. The monoisotopic (exact) mass is 461 g/mol. The summed E-state index contributed by atoms with van der Waals surface area (Å²) in [5, 5.41) is 20.7. The summed E-state index contributed by atoms with van der Waals surface area (Å²) in [6.45, 7) is 2.72. The van der Waals surface area contributed by atoms with Crippen LogP contribution >= 0.6 is 0 Å². The Morgan fingerprint density at radius 1 is 1.25 bits per heavy atom. The number of carbonyl (C=O) groups is 2. The van der Waals surface area contributed by atoms with Crippen LogP contribution in [0.15, 0.2) is 50.9 Å². The van der Waals surface area contributed by atoms with Gasteiger partial charge in [-0.2, -0.15) is 10.1 Å². The number of amides is 2. The van der Waals surface area contributed by atoms with Gasteiger partial charge in [-0.25, -0.2) is 18.3 Å². The number of aliphatic hydroxyl groups excluding tert-OH is 1. The van der Waals surface area contributed by atoms with Crippen LogP contribution in [0.4, 0.5) is 10.7 Å². The van der Waals surface area contributed by atoms with Gasteiger partial charge in [-0.1, -0.05) is 17.7 Å². The molecule has 2 aromatic heterocycles. The highest BCUT2D eigenvalue weighted by Gasteiger charge is 2.27. The van der Waals surface area contributed by atoms with E-state index in [1.165, 1.54) is 31.5 Å². The number of urea groups is 1. The molecule has 3 rings (SSSR count). The van der Waals surface area contributed by atoms with Crippen molar-refractivity contribution in [2.45, 2.75) is 42.5 Å². The van der Waals surface area contributed by atoms with Crippen molar-refractivity contribution >= 4 is 27.6 Å². The molecular weight excluding hydrogens is 438 g/mol. The van der Waals surface area contributed by atoms with Crippen LogP contribution in [-0.4, -0.2) is 53.2 Å². The van der Waals surface area contributed by atoms with Crippen LogP contribution in [0.3, 0.4) is 0 Å². The van der Waals surface area contributed by atoms with Crippen LogP contribution in [0.1, 0.15) is 35.2 Å². The molecule has 0 saturated carbocycles. The number of rotatable bonds is 9. The summed E-state index contributed by atoms with van der Waals surface area (Å²) in [5.41, 5.74) is 0.904.